The van der Waals surface area contributed by atoms with E-state index in [1.165, 1.54) is 6.39 Å². The number of nitrogens with zero attached hydrogens (tertiary/aromatic N) is 4. The second-order valence-electron chi connectivity index (χ2n) is 5.85. The number of hydrogen-bond acceptors (Lipinski definition) is 6. The maximum atomic E-state index is 12.8. The fraction of sp³-hybridized carbons (Fsp3) is 0.222. The molecule has 1 saturated heterocycles. The first-order valence-electron chi connectivity index (χ1n) is 8.19. The summed E-state index contributed by atoms with van der Waals surface area (Å²) in [5, 5.41) is 10.5. The number of pyridine rings is 1. The molecular weight excluding hydrogens is 318 g/mol. The minimum absolute atomic E-state index is 0.183. The number of benzene rings is 1. The Kier molecular flexibility index (Phi) is 4.12. The number of anilines is 2. The highest BCUT2D eigenvalue weighted by molar-refractivity contribution is 6.07. The van der Waals surface area contributed by atoms with Crippen molar-refractivity contribution in [2.75, 3.05) is 23.3 Å². The van der Waals surface area contributed by atoms with Crippen molar-refractivity contribution in [3.05, 3.63) is 54.6 Å². The van der Waals surface area contributed by atoms with Crippen LogP contribution in [0.25, 0.3) is 11.5 Å². The quantitative estimate of drug-likeness (QED) is 0.789. The summed E-state index contributed by atoms with van der Waals surface area (Å²) in [5.41, 5.74) is 1.99. The first-order chi connectivity index (χ1) is 12.3. The van der Waals surface area contributed by atoms with Crippen LogP contribution in [0.1, 0.15) is 23.2 Å². The van der Waals surface area contributed by atoms with Crippen molar-refractivity contribution in [1.29, 1.82) is 0 Å². The average molecular weight is 335 g/mol. The number of amides is 1. The molecule has 0 unspecified atom stereocenters. The zero-order valence-corrected chi connectivity index (χ0v) is 13.6. The zero-order valence-electron chi connectivity index (χ0n) is 13.6. The van der Waals surface area contributed by atoms with Crippen LogP contribution in [0.5, 0.6) is 0 Å². The molecular formula is C18H17N5O2. The maximum Gasteiger partial charge on any atom is 0.259 e. The molecule has 1 aromatic carbocycles. The zero-order chi connectivity index (χ0) is 17.1. The van der Waals surface area contributed by atoms with E-state index in [-0.39, 0.29) is 5.91 Å². The first-order valence-corrected chi connectivity index (χ1v) is 8.19. The third kappa shape index (κ3) is 3.21. The van der Waals surface area contributed by atoms with E-state index < -0.39 is 0 Å². The molecule has 126 valence electrons. The monoisotopic (exact) mass is 335 g/mol. The summed E-state index contributed by atoms with van der Waals surface area (Å²) < 4.78 is 5.20. The summed E-state index contributed by atoms with van der Waals surface area (Å²) in [6.07, 6.45) is 5.26. The molecule has 0 radical (unpaired) electrons. The summed E-state index contributed by atoms with van der Waals surface area (Å²) in [5.74, 6) is 0.971. The van der Waals surface area contributed by atoms with Crippen molar-refractivity contribution in [1.82, 2.24) is 15.2 Å². The van der Waals surface area contributed by atoms with Crippen LogP contribution in [0.2, 0.25) is 0 Å². The number of carbonyl (C=O) groups excluding carboxylic acids is 1. The fourth-order valence-corrected chi connectivity index (χ4v) is 2.98. The molecule has 2 aromatic heterocycles. The Balaban J connectivity index is 1.58. The molecule has 0 spiro atoms. The Morgan fingerprint density at radius 1 is 1.16 bits per heavy atom. The van der Waals surface area contributed by atoms with Gasteiger partial charge in [-0.15, -0.1) is 10.2 Å². The van der Waals surface area contributed by atoms with Crippen LogP contribution in [0.4, 0.5) is 11.5 Å². The highest BCUT2D eigenvalue weighted by atomic mass is 16.4. The van der Waals surface area contributed by atoms with Gasteiger partial charge in [0.15, 0.2) is 0 Å². The van der Waals surface area contributed by atoms with E-state index in [9.17, 15) is 4.79 Å². The Morgan fingerprint density at radius 3 is 2.84 bits per heavy atom. The molecule has 0 bridgehead atoms. The van der Waals surface area contributed by atoms with E-state index in [1.54, 1.807) is 24.4 Å². The molecule has 1 aliphatic heterocycles. The standard InChI is InChI=1S/C18H17N5O2/c24-17(15-7-4-8-19-16(15)23-9-1-2-10-23)21-14-6-3-5-13(11-14)18-22-20-12-25-18/h3-8,11-12H,1-2,9-10H2,(H,21,24). The lowest BCUT2D eigenvalue weighted by Gasteiger charge is -2.19. The lowest BCUT2D eigenvalue weighted by molar-refractivity contribution is 0.102. The van der Waals surface area contributed by atoms with Gasteiger partial charge < -0.3 is 14.6 Å². The highest BCUT2D eigenvalue weighted by Gasteiger charge is 2.20. The number of rotatable bonds is 4. The van der Waals surface area contributed by atoms with E-state index in [1.807, 2.05) is 18.2 Å². The van der Waals surface area contributed by atoms with Gasteiger partial charge in [-0.3, -0.25) is 4.79 Å². The predicted molar refractivity (Wildman–Crippen MR) is 93.4 cm³/mol. The van der Waals surface area contributed by atoms with Gasteiger partial charge in [0.2, 0.25) is 12.3 Å². The lowest BCUT2D eigenvalue weighted by atomic mass is 10.2. The second kappa shape index (κ2) is 6.72. The van der Waals surface area contributed by atoms with Gasteiger partial charge in [0.05, 0.1) is 5.56 Å². The van der Waals surface area contributed by atoms with Gasteiger partial charge in [-0.1, -0.05) is 6.07 Å². The Labute approximate surface area is 144 Å². The van der Waals surface area contributed by atoms with Crippen LogP contribution in [-0.4, -0.2) is 34.2 Å². The van der Waals surface area contributed by atoms with E-state index in [0.29, 0.717) is 17.1 Å². The summed E-state index contributed by atoms with van der Waals surface area (Å²) in [4.78, 5) is 19.3. The smallest absolute Gasteiger partial charge is 0.259 e. The molecule has 0 atom stereocenters. The number of carbonyl (C=O) groups is 1. The molecule has 0 aliphatic carbocycles. The number of hydrogen-bond donors (Lipinski definition) is 1. The van der Waals surface area contributed by atoms with Crippen molar-refractivity contribution in [2.45, 2.75) is 12.8 Å². The topological polar surface area (TPSA) is 84.2 Å². The molecule has 1 N–H and O–H groups in total. The van der Waals surface area contributed by atoms with Gasteiger partial charge in [0, 0.05) is 30.5 Å². The van der Waals surface area contributed by atoms with Gasteiger partial charge in [-0.2, -0.15) is 0 Å². The van der Waals surface area contributed by atoms with Crippen molar-refractivity contribution >= 4 is 17.4 Å². The summed E-state index contributed by atoms with van der Waals surface area (Å²) in [7, 11) is 0. The normalized spacial score (nSPS) is 13.8. The maximum absolute atomic E-state index is 12.8. The van der Waals surface area contributed by atoms with E-state index in [4.69, 9.17) is 4.42 Å². The van der Waals surface area contributed by atoms with Crippen molar-refractivity contribution in [3.8, 4) is 11.5 Å². The molecule has 3 heterocycles. The molecule has 7 heteroatoms. The summed E-state index contributed by atoms with van der Waals surface area (Å²) in [6.45, 7) is 1.87. The Bertz CT molecular complexity index is 873. The molecule has 3 aromatic rings. The minimum Gasteiger partial charge on any atom is -0.423 e. The van der Waals surface area contributed by atoms with Gasteiger partial charge in [-0.05, 0) is 43.2 Å². The summed E-state index contributed by atoms with van der Waals surface area (Å²) >= 11 is 0. The minimum atomic E-state index is -0.183. The van der Waals surface area contributed by atoms with Crippen molar-refractivity contribution in [2.24, 2.45) is 0 Å². The van der Waals surface area contributed by atoms with Gasteiger partial charge in [-0.25, -0.2) is 4.98 Å². The molecule has 1 aliphatic rings. The fourth-order valence-electron chi connectivity index (χ4n) is 2.98. The van der Waals surface area contributed by atoms with E-state index >= 15 is 0 Å². The predicted octanol–water partition coefficient (Wildman–Crippen LogP) is 2.98. The lowest BCUT2D eigenvalue weighted by Crippen LogP contribution is -2.24. The van der Waals surface area contributed by atoms with Crippen LogP contribution in [-0.2, 0) is 0 Å². The highest BCUT2D eigenvalue weighted by Crippen LogP contribution is 2.24. The Hall–Kier alpha value is -3.22. The molecule has 25 heavy (non-hydrogen) atoms. The molecule has 4 rings (SSSR count). The van der Waals surface area contributed by atoms with Gasteiger partial charge in [0.25, 0.3) is 5.91 Å². The number of nitrogens with one attached hydrogen (secondary N) is 1. The summed E-state index contributed by atoms with van der Waals surface area (Å²) in [6, 6.07) is 10.9. The second-order valence-corrected chi connectivity index (χ2v) is 5.85. The largest absolute Gasteiger partial charge is 0.423 e. The van der Waals surface area contributed by atoms with Crippen LogP contribution in [0.3, 0.4) is 0 Å². The third-order valence-electron chi connectivity index (χ3n) is 4.16. The SMILES string of the molecule is O=C(Nc1cccc(-c2nnco2)c1)c1cccnc1N1CCCC1. The molecule has 1 fully saturated rings. The average Bonchev–Trinajstić information content (AvgIpc) is 3.36. The van der Waals surface area contributed by atoms with Gasteiger partial charge >= 0.3 is 0 Å². The molecule has 1 amide bonds. The van der Waals surface area contributed by atoms with E-state index in [2.05, 4.69) is 25.4 Å². The third-order valence-corrected chi connectivity index (χ3v) is 4.16. The molecule has 7 nitrogen and oxygen atoms in total. The van der Waals surface area contributed by atoms with Crippen LogP contribution in [0, 0.1) is 0 Å². The number of aromatic nitrogens is 3. The van der Waals surface area contributed by atoms with Crippen LogP contribution >= 0.6 is 0 Å². The van der Waals surface area contributed by atoms with Gasteiger partial charge in [0.1, 0.15) is 5.82 Å². The van der Waals surface area contributed by atoms with Crippen LogP contribution in [0.15, 0.2) is 53.4 Å². The van der Waals surface area contributed by atoms with E-state index in [0.717, 1.165) is 37.3 Å². The van der Waals surface area contributed by atoms with Crippen LogP contribution < -0.4 is 10.2 Å². The Morgan fingerprint density at radius 2 is 2.04 bits per heavy atom. The van der Waals surface area contributed by atoms with Crippen molar-refractivity contribution in [3.63, 3.8) is 0 Å². The molecule has 0 saturated carbocycles. The first kappa shape index (κ1) is 15.3. The van der Waals surface area contributed by atoms with Crippen molar-refractivity contribution < 1.29 is 9.21 Å².